The van der Waals surface area contributed by atoms with Gasteiger partial charge in [0.2, 0.25) is 5.91 Å². The molecule has 5 heteroatoms. The van der Waals surface area contributed by atoms with Crippen LogP contribution in [0.15, 0.2) is 24.3 Å². The third-order valence-corrected chi connectivity index (χ3v) is 5.38. The van der Waals surface area contributed by atoms with E-state index in [1.54, 1.807) is 0 Å². The van der Waals surface area contributed by atoms with Crippen molar-refractivity contribution in [2.75, 3.05) is 0 Å². The summed E-state index contributed by atoms with van der Waals surface area (Å²) in [4.78, 5) is 24.5. The molecule has 5 nitrogen and oxygen atoms in total. The Morgan fingerprint density at radius 2 is 1.81 bits per heavy atom. The quantitative estimate of drug-likeness (QED) is 0.520. The second kappa shape index (κ2) is 9.54. The molecule has 1 fully saturated rings. The molecule has 3 N–H and O–H groups in total. The topological polar surface area (TPSA) is 81.4 Å². The molecule has 2 atom stereocenters. The number of amides is 1. The van der Waals surface area contributed by atoms with Crippen LogP contribution < -0.4 is 11.1 Å². The molecule has 2 aliphatic carbocycles. The van der Waals surface area contributed by atoms with Crippen LogP contribution in [0.3, 0.4) is 0 Å². The van der Waals surface area contributed by atoms with Crippen molar-refractivity contribution in [1.29, 1.82) is 0 Å². The number of rotatable bonds is 7. The van der Waals surface area contributed by atoms with Gasteiger partial charge in [-0.05, 0) is 45.6 Å². The number of nitrogens with two attached hydrogens (primary N) is 1. The van der Waals surface area contributed by atoms with Gasteiger partial charge in [-0.15, -0.1) is 0 Å². The average Bonchev–Trinajstić information content (AvgIpc) is 2.58. The molecule has 152 valence electrons. The maximum absolute atomic E-state index is 12.5. The van der Waals surface area contributed by atoms with Crippen LogP contribution in [0.2, 0.25) is 0 Å². The molecule has 1 saturated carbocycles. The van der Waals surface area contributed by atoms with E-state index in [2.05, 4.69) is 5.32 Å². The summed E-state index contributed by atoms with van der Waals surface area (Å²) in [5.41, 5.74) is 5.07. The van der Waals surface area contributed by atoms with Crippen LogP contribution >= 0.6 is 0 Å². The molecule has 0 aromatic heterocycles. The van der Waals surface area contributed by atoms with E-state index in [0.29, 0.717) is 18.8 Å². The van der Waals surface area contributed by atoms with Gasteiger partial charge in [0.05, 0.1) is 0 Å². The minimum Gasteiger partial charge on any atom is -0.460 e. The Morgan fingerprint density at radius 3 is 2.48 bits per heavy atom. The predicted octanol–water partition coefficient (Wildman–Crippen LogP) is 3.98. The maximum Gasteiger partial charge on any atom is 0.306 e. The SMILES string of the molecule is CC(C)(C)OC(=O)CCC1C=CC=C[C@]1(N)NC(=O)CCC1CCCCC1. The van der Waals surface area contributed by atoms with Gasteiger partial charge >= 0.3 is 5.97 Å². The molecule has 1 unspecified atom stereocenters. The lowest BCUT2D eigenvalue weighted by Crippen LogP contribution is -2.59. The number of carbonyl (C=O) groups is 2. The van der Waals surface area contributed by atoms with Crippen LogP contribution in [-0.4, -0.2) is 23.1 Å². The van der Waals surface area contributed by atoms with Gasteiger partial charge in [0, 0.05) is 18.8 Å². The molecule has 1 amide bonds. The Hall–Kier alpha value is -1.62. The summed E-state index contributed by atoms with van der Waals surface area (Å²) < 4.78 is 5.37. The van der Waals surface area contributed by atoms with Crippen molar-refractivity contribution in [2.45, 2.75) is 89.8 Å². The van der Waals surface area contributed by atoms with Crippen LogP contribution in [0.25, 0.3) is 0 Å². The Kier molecular flexibility index (Phi) is 7.66. The normalized spacial score (nSPS) is 26.0. The largest absolute Gasteiger partial charge is 0.460 e. The fraction of sp³-hybridized carbons (Fsp3) is 0.727. The van der Waals surface area contributed by atoms with Gasteiger partial charge in [-0.3, -0.25) is 9.59 Å². The van der Waals surface area contributed by atoms with Gasteiger partial charge < -0.3 is 15.8 Å². The van der Waals surface area contributed by atoms with Gasteiger partial charge in [0.15, 0.2) is 0 Å². The van der Waals surface area contributed by atoms with Crippen LogP contribution in [0.1, 0.15) is 78.6 Å². The molecular weight excluding hydrogens is 340 g/mol. The third-order valence-electron chi connectivity index (χ3n) is 5.38. The zero-order valence-electron chi connectivity index (χ0n) is 17.1. The zero-order chi connectivity index (χ0) is 19.9. The summed E-state index contributed by atoms with van der Waals surface area (Å²) in [5.74, 6) is 0.290. The molecule has 27 heavy (non-hydrogen) atoms. The monoisotopic (exact) mass is 376 g/mol. The molecule has 0 saturated heterocycles. The molecule has 2 aliphatic rings. The molecule has 0 heterocycles. The molecule has 0 aromatic carbocycles. The molecular formula is C22H36N2O3. The van der Waals surface area contributed by atoms with Crippen LogP contribution in [0.4, 0.5) is 0 Å². The van der Waals surface area contributed by atoms with Crippen molar-refractivity contribution >= 4 is 11.9 Å². The van der Waals surface area contributed by atoms with Gasteiger partial charge in [0.25, 0.3) is 0 Å². The number of ether oxygens (including phenoxy) is 1. The number of hydrogen-bond donors (Lipinski definition) is 2. The fourth-order valence-corrected chi connectivity index (χ4v) is 3.95. The maximum atomic E-state index is 12.5. The first kappa shape index (κ1) is 21.7. The van der Waals surface area contributed by atoms with Crippen molar-refractivity contribution < 1.29 is 14.3 Å². The lowest BCUT2D eigenvalue weighted by atomic mass is 9.84. The summed E-state index contributed by atoms with van der Waals surface area (Å²) in [5, 5.41) is 3.01. The van der Waals surface area contributed by atoms with Gasteiger partial charge in [-0.2, -0.15) is 0 Å². The first-order valence-corrected chi connectivity index (χ1v) is 10.4. The average molecular weight is 377 g/mol. The Bertz CT molecular complexity index is 571. The van der Waals surface area contributed by atoms with E-state index < -0.39 is 11.3 Å². The van der Waals surface area contributed by atoms with Crippen molar-refractivity contribution in [3.05, 3.63) is 24.3 Å². The molecule has 0 spiro atoms. The smallest absolute Gasteiger partial charge is 0.306 e. The Balaban J connectivity index is 1.84. The van der Waals surface area contributed by atoms with Crippen LogP contribution in [0.5, 0.6) is 0 Å². The van der Waals surface area contributed by atoms with E-state index in [0.717, 1.165) is 6.42 Å². The summed E-state index contributed by atoms with van der Waals surface area (Å²) in [6, 6.07) is 0. The van der Waals surface area contributed by atoms with Crippen molar-refractivity contribution in [1.82, 2.24) is 5.32 Å². The van der Waals surface area contributed by atoms with Crippen LogP contribution in [-0.2, 0) is 14.3 Å². The second-order valence-corrected chi connectivity index (χ2v) is 9.00. The summed E-state index contributed by atoms with van der Waals surface area (Å²) in [6.45, 7) is 5.57. The highest BCUT2D eigenvalue weighted by Gasteiger charge is 2.34. The van der Waals surface area contributed by atoms with E-state index in [4.69, 9.17) is 10.5 Å². The molecule has 0 aromatic rings. The van der Waals surface area contributed by atoms with E-state index >= 15 is 0 Å². The zero-order valence-corrected chi connectivity index (χ0v) is 17.1. The Labute approximate surface area is 163 Å². The predicted molar refractivity (Wildman–Crippen MR) is 108 cm³/mol. The standard InChI is InChI=1S/C22H36N2O3/c1-21(2,3)27-20(26)15-13-18-11-7-8-16-22(18,23)24-19(25)14-12-17-9-5-4-6-10-17/h7-8,11,16-18H,4-6,9-10,12-15,23H2,1-3H3,(H,24,25)/t18?,22-/m0/s1. The van der Waals surface area contributed by atoms with Crippen molar-refractivity contribution in [3.63, 3.8) is 0 Å². The second-order valence-electron chi connectivity index (χ2n) is 9.00. The lowest BCUT2D eigenvalue weighted by molar-refractivity contribution is -0.155. The number of hydrogen-bond acceptors (Lipinski definition) is 4. The first-order chi connectivity index (χ1) is 12.7. The minimum atomic E-state index is -0.944. The van der Waals surface area contributed by atoms with Gasteiger partial charge in [-0.1, -0.05) is 50.3 Å². The number of carbonyl (C=O) groups excluding carboxylic acids is 2. The summed E-state index contributed by atoms with van der Waals surface area (Å²) in [6.07, 6.45) is 16.2. The summed E-state index contributed by atoms with van der Waals surface area (Å²) in [7, 11) is 0. The highest BCUT2D eigenvalue weighted by Crippen LogP contribution is 2.28. The molecule has 2 rings (SSSR count). The number of esters is 1. The molecule has 0 radical (unpaired) electrons. The van der Waals surface area contributed by atoms with E-state index in [1.165, 1.54) is 32.1 Å². The Morgan fingerprint density at radius 1 is 1.11 bits per heavy atom. The van der Waals surface area contributed by atoms with Crippen LogP contribution in [0, 0.1) is 11.8 Å². The van der Waals surface area contributed by atoms with Crippen molar-refractivity contribution in [3.8, 4) is 0 Å². The fourth-order valence-electron chi connectivity index (χ4n) is 3.95. The summed E-state index contributed by atoms with van der Waals surface area (Å²) >= 11 is 0. The van der Waals surface area contributed by atoms with Gasteiger partial charge in [-0.25, -0.2) is 0 Å². The van der Waals surface area contributed by atoms with Crippen molar-refractivity contribution in [2.24, 2.45) is 17.6 Å². The van der Waals surface area contributed by atoms with E-state index in [9.17, 15) is 9.59 Å². The third kappa shape index (κ3) is 7.49. The lowest BCUT2D eigenvalue weighted by Gasteiger charge is -2.36. The minimum absolute atomic E-state index is 0.00899. The number of allylic oxidation sites excluding steroid dienone is 2. The van der Waals surface area contributed by atoms with E-state index in [-0.39, 0.29) is 24.2 Å². The first-order valence-electron chi connectivity index (χ1n) is 10.4. The highest BCUT2D eigenvalue weighted by molar-refractivity contribution is 5.77. The molecule has 0 bridgehead atoms. The highest BCUT2D eigenvalue weighted by atomic mass is 16.6. The number of nitrogens with one attached hydrogen (secondary N) is 1. The van der Waals surface area contributed by atoms with E-state index in [1.807, 2.05) is 45.1 Å². The molecule has 0 aliphatic heterocycles. The van der Waals surface area contributed by atoms with Gasteiger partial charge in [0.1, 0.15) is 11.3 Å².